The smallest absolute Gasteiger partial charge is 0.358 e. The van der Waals surface area contributed by atoms with Gasteiger partial charge in [-0.15, -0.1) is 0 Å². The van der Waals surface area contributed by atoms with Gasteiger partial charge in [0, 0.05) is 11.1 Å². The van der Waals surface area contributed by atoms with E-state index in [4.69, 9.17) is 9.73 Å². The van der Waals surface area contributed by atoms with Crippen molar-refractivity contribution in [2.75, 3.05) is 6.61 Å². The Morgan fingerprint density at radius 3 is 2.68 bits per heavy atom. The van der Waals surface area contributed by atoms with E-state index in [0.717, 1.165) is 28.2 Å². The highest BCUT2D eigenvalue weighted by atomic mass is 16.5. The fourth-order valence-corrected chi connectivity index (χ4v) is 3.07. The minimum Gasteiger partial charge on any atom is -0.461 e. The lowest BCUT2D eigenvalue weighted by Crippen LogP contribution is -2.09. The highest BCUT2D eigenvalue weighted by Gasteiger charge is 2.24. The van der Waals surface area contributed by atoms with Crippen LogP contribution < -0.4 is 0 Å². The van der Waals surface area contributed by atoms with E-state index in [1.54, 1.807) is 13.3 Å². The molecule has 0 amide bonds. The zero-order valence-electron chi connectivity index (χ0n) is 13.8. The molecule has 5 nitrogen and oxygen atoms in total. The summed E-state index contributed by atoms with van der Waals surface area (Å²) in [5.41, 5.74) is 5.01. The number of aliphatic imine (C=N–C) groups is 1. The number of nitrogens with zero attached hydrogens (tertiary/aromatic N) is 3. The van der Waals surface area contributed by atoms with Gasteiger partial charge < -0.3 is 4.74 Å². The van der Waals surface area contributed by atoms with Crippen LogP contribution in [0.2, 0.25) is 0 Å². The van der Waals surface area contributed by atoms with Gasteiger partial charge in [-0.3, -0.25) is 9.56 Å². The summed E-state index contributed by atoms with van der Waals surface area (Å²) < 4.78 is 7.06. The Bertz CT molecular complexity index is 958. The first kappa shape index (κ1) is 15.3. The number of esters is 1. The van der Waals surface area contributed by atoms with Crippen molar-refractivity contribution in [3.63, 3.8) is 0 Å². The van der Waals surface area contributed by atoms with E-state index in [0.29, 0.717) is 18.8 Å². The van der Waals surface area contributed by atoms with Crippen molar-refractivity contribution in [3.05, 3.63) is 83.4 Å². The van der Waals surface area contributed by atoms with Crippen LogP contribution in [0.1, 0.15) is 34.2 Å². The van der Waals surface area contributed by atoms with Gasteiger partial charge in [0.2, 0.25) is 0 Å². The fraction of sp³-hybridized carbons (Fsp3) is 0.150. The topological polar surface area (TPSA) is 56.5 Å². The zero-order valence-corrected chi connectivity index (χ0v) is 13.8. The highest BCUT2D eigenvalue weighted by molar-refractivity contribution is 6.15. The van der Waals surface area contributed by atoms with Crippen LogP contribution in [0.3, 0.4) is 0 Å². The molecule has 0 spiro atoms. The van der Waals surface area contributed by atoms with Gasteiger partial charge >= 0.3 is 5.97 Å². The molecule has 0 atom stereocenters. The molecule has 124 valence electrons. The van der Waals surface area contributed by atoms with E-state index < -0.39 is 5.97 Å². The molecule has 0 N–H and O–H groups in total. The van der Waals surface area contributed by atoms with E-state index in [1.165, 1.54) is 0 Å². The van der Waals surface area contributed by atoms with E-state index in [-0.39, 0.29) is 0 Å². The van der Waals surface area contributed by atoms with Crippen LogP contribution in [0, 0.1) is 0 Å². The van der Waals surface area contributed by atoms with Crippen LogP contribution >= 0.6 is 0 Å². The number of imidazole rings is 1. The van der Waals surface area contributed by atoms with Crippen LogP contribution in [-0.4, -0.2) is 27.8 Å². The van der Waals surface area contributed by atoms with E-state index in [2.05, 4.69) is 4.98 Å². The third-order valence-corrected chi connectivity index (χ3v) is 4.19. The summed E-state index contributed by atoms with van der Waals surface area (Å²) in [6.07, 6.45) is 1.67. The van der Waals surface area contributed by atoms with Gasteiger partial charge in [-0.1, -0.05) is 48.5 Å². The van der Waals surface area contributed by atoms with Crippen LogP contribution in [0.5, 0.6) is 0 Å². The molecule has 2 aromatic carbocycles. The first-order valence-corrected chi connectivity index (χ1v) is 8.22. The van der Waals surface area contributed by atoms with Crippen LogP contribution in [-0.2, 0) is 11.3 Å². The average molecular weight is 331 g/mol. The number of ether oxygens (including phenoxy) is 1. The number of carbonyl (C=O) groups is 1. The van der Waals surface area contributed by atoms with Crippen molar-refractivity contribution in [2.24, 2.45) is 4.99 Å². The summed E-state index contributed by atoms with van der Waals surface area (Å²) >= 11 is 0. The Labute approximate surface area is 145 Å². The van der Waals surface area contributed by atoms with Crippen LogP contribution in [0.15, 0.2) is 65.9 Å². The van der Waals surface area contributed by atoms with Crippen molar-refractivity contribution in [1.82, 2.24) is 9.55 Å². The predicted octanol–water partition coefficient (Wildman–Crippen LogP) is 3.40. The lowest BCUT2D eigenvalue weighted by atomic mass is 10.0. The number of aromatic nitrogens is 2. The van der Waals surface area contributed by atoms with Gasteiger partial charge in [0.15, 0.2) is 5.69 Å². The Morgan fingerprint density at radius 2 is 1.88 bits per heavy atom. The fourth-order valence-electron chi connectivity index (χ4n) is 3.07. The summed E-state index contributed by atoms with van der Waals surface area (Å²) in [5.74, 6) is -0.410. The molecule has 5 heteroatoms. The second kappa shape index (κ2) is 6.36. The Kier molecular flexibility index (Phi) is 3.90. The molecular weight excluding hydrogens is 314 g/mol. The first-order chi connectivity index (χ1) is 12.3. The molecule has 0 fully saturated rings. The summed E-state index contributed by atoms with van der Waals surface area (Å²) in [6, 6.07) is 18.1. The molecule has 4 rings (SSSR count). The maximum absolute atomic E-state index is 12.2. The summed E-state index contributed by atoms with van der Waals surface area (Å²) in [7, 11) is 0. The van der Waals surface area contributed by atoms with Crippen molar-refractivity contribution in [2.45, 2.75) is 13.5 Å². The predicted molar refractivity (Wildman–Crippen MR) is 95.3 cm³/mol. The maximum atomic E-state index is 12.2. The van der Waals surface area contributed by atoms with Crippen molar-refractivity contribution >= 4 is 11.7 Å². The number of rotatable bonds is 3. The van der Waals surface area contributed by atoms with Crippen LogP contribution in [0.25, 0.3) is 5.69 Å². The number of para-hydroxylation sites is 1. The SMILES string of the molecule is CCOC(=O)c1ncn2c1CN=C(c1ccccc1)c1ccccc1-2. The van der Waals surface area contributed by atoms with E-state index in [9.17, 15) is 4.79 Å². The first-order valence-electron chi connectivity index (χ1n) is 8.22. The van der Waals surface area contributed by atoms with E-state index >= 15 is 0 Å². The minimum atomic E-state index is -0.410. The average Bonchev–Trinajstić information content (AvgIpc) is 3.00. The standard InChI is InChI=1S/C20H17N3O2/c1-2-25-20(24)19-17-12-21-18(14-8-4-3-5-9-14)15-10-6-7-11-16(15)23(17)13-22-19/h3-11,13H,2,12H2,1H3. The van der Waals surface area contributed by atoms with Crippen molar-refractivity contribution in [1.29, 1.82) is 0 Å². The molecule has 0 saturated heterocycles. The molecule has 1 aliphatic rings. The molecule has 1 aliphatic heterocycles. The molecule has 2 heterocycles. The van der Waals surface area contributed by atoms with Gasteiger partial charge in [-0.25, -0.2) is 9.78 Å². The largest absolute Gasteiger partial charge is 0.461 e. The molecule has 1 aromatic heterocycles. The third kappa shape index (κ3) is 2.63. The van der Waals surface area contributed by atoms with Crippen molar-refractivity contribution in [3.8, 4) is 5.69 Å². The molecule has 0 bridgehead atoms. The zero-order chi connectivity index (χ0) is 17.2. The second-order valence-electron chi connectivity index (χ2n) is 5.68. The molecule has 0 aliphatic carbocycles. The van der Waals surface area contributed by atoms with Gasteiger partial charge in [0.1, 0.15) is 6.33 Å². The van der Waals surface area contributed by atoms with Gasteiger partial charge in [0.25, 0.3) is 0 Å². The molecule has 25 heavy (non-hydrogen) atoms. The Balaban J connectivity index is 1.89. The monoisotopic (exact) mass is 331 g/mol. The van der Waals surface area contributed by atoms with Gasteiger partial charge in [-0.2, -0.15) is 0 Å². The number of benzene rings is 2. The molecular formula is C20H17N3O2. The minimum absolute atomic E-state index is 0.320. The van der Waals surface area contributed by atoms with Crippen molar-refractivity contribution < 1.29 is 9.53 Å². The number of carbonyl (C=O) groups excluding carboxylic acids is 1. The lowest BCUT2D eigenvalue weighted by Gasteiger charge is -2.11. The second-order valence-corrected chi connectivity index (χ2v) is 5.68. The number of fused-ring (bicyclic) bond motifs is 3. The van der Waals surface area contributed by atoms with Gasteiger partial charge in [-0.05, 0) is 13.0 Å². The molecule has 0 radical (unpaired) electrons. The molecule has 3 aromatic rings. The maximum Gasteiger partial charge on any atom is 0.358 e. The number of hydrogen-bond acceptors (Lipinski definition) is 4. The van der Waals surface area contributed by atoms with E-state index in [1.807, 2.05) is 59.2 Å². The summed E-state index contributed by atoms with van der Waals surface area (Å²) in [6.45, 7) is 2.47. The number of hydrogen-bond donors (Lipinski definition) is 0. The quantitative estimate of drug-likeness (QED) is 0.691. The Morgan fingerprint density at radius 1 is 1.12 bits per heavy atom. The summed E-state index contributed by atoms with van der Waals surface area (Å²) in [4.78, 5) is 21.3. The molecule has 0 saturated carbocycles. The highest BCUT2D eigenvalue weighted by Crippen LogP contribution is 2.26. The van der Waals surface area contributed by atoms with Gasteiger partial charge in [0.05, 0.1) is 30.2 Å². The van der Waals surface area contributed by atoms with Crippen LogP contribution in [0.4, 0.5) is 0 Å². The molecule has 0 unspecified atom stereocenters. The third-order valence-electron chi connectivity index (χ3n) is 4.19. The summed E-state index contributed by atoms with van der Waals surface area (Å²) in [5, 5.41) is 0. The normalized spacial score (nSPS) is 12.6. The lowest BCUT2D eigenvalue weighted by molar-refractivity contribution is 0.0518. The Hall–Kier alpha value is -3.21.